The second-order valence-electron chi connectivity index (χ2n) is 2.31. The van der Waals surface area contributed by atoms with E-state index in [1.807, 2.05) is 0 Å². The van der Waals surface area contributed by atoms with Crippen LogP contribution in [0.25, 0.3) is 0 Å². The van der Waals surface area contributed by atoms with E-state index in [1.54, 1.807) is 0 Å². The van der Waals surface area contributed by atoms with Gasteiger partial charge in [-0.3, -0.25) is 0 Å². The van der Waals surface area contributed by atoms with E-state index in [-0.39, 0.29) is 98.3 Å². The molecule has 0 aromatic rings. The van der Waals surface area contributed by atoms with Crippen molar-refractivity contribution in [2.45, 2.75) is 0 Å². The van der Waals surface area contributed by atoms with Crippen molar-refractivity contribution in [3.8, 4) is 0 Å². The monoisotopic (exact) mass is 534 g/mol. The summed E-state index contributed by atoms with van der Waals surface area (Å²) in [6.07, 6.45) is 0. The maximum atomic E-state index is 9.95. The Hall–Kier alpha value is 3.70. The van der Waals surface area contributed by atoms with Gasteiger partial charge in [-0.15, -0.1) is 0 Å². The summed E-state index contributed by atoms with van der Waals surface area (Å²) in [7, 11) is 0. The Kier molecular flexibility index (Phi) is 4.03. The zero-order chi connectivity index (χ0) is 8.35. The number of rotatable bonds is 0. The summed E-state index contributed by atoms with van der Waals surface area (Å²) in [6, 6.07) is 0. The van der Waals surface area contributed by atoms with Crippen LogP contribution in [-0.2, 0) is 24.3 Å². The van der Waals surface area contributed by atoms with Gasteiger partial charge in [-0.05, 0) is 0 Å². The molecule has 0 saturated carbocycles. The summed E-state index contributed by atoms with van der Waals surface area (Å²) < 4.78 is 79.6. The molecule has 0 heterocycles. The molecule has 0 aromatic heterocycles. The normalized spacial score (nSPS) is 25.5. The minimum absolute atomic E-state index is 0. The summed E-state index contributed by atoms with van der Waals surface area (Å²) in [5, 5.41) is 0. The predicted octanol–water partition coefficient (Wildman–Crippen LogP) is 2.44. The van der Waals surface area contributed by atoms with Crippen molar-refractivity contribution in [2.24, 2.45) is 0 Å². The standard InChI is InChI=1S/Ba.Eu.8FH.Y.2H/h;;8*1H;;;/q;;;;;;;;;;+8;;/p-8. The van der Waals surface area contributed by atoms with Gasteiger partial charge < -0.3 is 0 Å². The SMILES string of the molecule is [BaH2].[Eu].[F][Y]([F])([F])([F])([F])([F])([F])[F]. The quantitative estimate of drug-likeness (QED) is 0.333. The summed E-state index contributed by atoms with van der Waals surface area (Å²) in [5.41, 5.74) is 0. The van der Waals surface area contributed by atoms with Crippen LogP contribution in [0.1, 0.15) is 0 Å². The second kappa shape index (κ2) is 2.20. The third-order valence-electron chi connectivity index (χ3n) is 0. The fraction of sp³-hybridized carbons (Fsp3) is 0. The first-order chi connectivity index (χ1) is 2.83. The van der Waals surface area contributed by atoms with Crippen molar-refractivity contribution >= 4 is 48.9 Å². The van der Waals surface area contributed by atoms with E-state index in [4.69, 9.17) is 0 Å². The molecule has 0 aliphatic rings. The summed E-state index contributed by atoms with van der Waals surface area (Å²) in [5.74, 6) is 0. The van der Waals surface area contributed by atoms with Crippen LogP contribution >= 0.6 is 0 Å². The Bertz CT molecular complexity index is 149. The van der Waals surface area contributed by atoms with Crippen LogP contribution in [-0.4, -0.2) is 48.9 Å². The van der Waals surface area contributed by atoms with Gasteiger partial charge in [0.15, 0.2) is 0 Å². The van der Waals surface area contributed by atoms with Crippen LogP contribution in [0, 0.1) is 49.4 Å². The molecule has 0 atom stereocenters. The molecule has 0 aliphatic carbocycles. The summed E-state index contributed by atoms with van der Waals surface area (Å²) in [4.78, 5) is 0. The predicted molar refractivity (Wildman–Crippen MR) is 17.4 cm³/mol. The third kappa shape index (κ3) is 137. The molecule has 1 radical (unpaired) electrons. The molecule has 0 nitrogen and oxygen atoms in total. The van der Waals surface area contributed by atoms with Crippen molar-refractivity contribution < 1.29 is 89.1 Å². The molecule has 0 saturated heterocycles. The van der Waals surface area contributed by atoms with E-state index in [1.165, 1.54) is 0 Å². The van der Waals surface area contributed by atoms with E-state index < -0.39 is 24.3 Å². The molecular weight excluding hydrogens is 530 g/mol. The van der Waals surface area contributed by atoms with Gasteiger partial charge in [0.2, 0.25) is 0 Å². The first-order valence-electron chi connectivity index (χ1n) is 1.75. The topological polar surface area (TPSA) is 0 Å². The van der Waals surface area contributed by atoms with Crippen LogP contribution < -0.4 is 0 Å². The van der Waals surface area contributed by atoms with E-state index in [0.717, 1.165) is 0 Å². The summed E-state index contributed by atoms with van der Waals surface area (Å²) in [6.45, 7) is 0. The van der Waals surface area contributed by atoms with E-state index in [0.29, 0.717) is 0 Å². The van der Waals surface area contributed by atoms with Gasteiger partial charge in [0.05, 0.1) is 0 Å². The molecular formula is H2BaEuF8Y. The van der Waals surface area contributed by atoms with E-state index in [9.17, 15) is 15.4 Å². The van der Waals surface area contributed by atoms with Gasteiger partial charge in [0.25, 0.3) is 0 Å². The molecule has 0 aliphatic heterocycles. The van der Waals surface area contributed by atoms with Crippen molar-refractivity contribution in [1.29, 1.82) is 0 Å². The average Bonchev–Trinajstić information content (AvgIpc) is 0.503. The molecule has 0 aromatic carbocycles. The van der Waals surface area contributed by atoms with Crippen LogP contribution in [0.15, 0.2) is 0 Å². The number of hydrogen-bond acceptors (Lipinski definition) is 0. The Balaban J connectivity index is -0.000000320. The number of hydrogen-bond donors (Lipinski definition) is 0. The van der Waals surface area contributed by atoms with Gasteiger partial charge in [0.1, 0.15) is 0 Å². The zero-order valence-corrected chi connectivity index (χ0v) is 9.24. The van der Waals surface area contributed by atoms with E-state index >= 15 is 0 Å². The molecule has 0 fully saturated rings. The Morgan fingerprint density at radius 1 is 0.545 bits per heavy atom. The molecule has 11 heavy (non-hydrogen) atoms. The van der Waals surface area contributed by atoms with Crippen LogP contribution in [0.4, 0.5) is 15.4 Å². The molecule has 0 rings (SSSR count). The van der Waals surface area contributed by atoms with Crippen LogP contribution in [0.5, 0.6) is 0 Å². The van der Waals surface area contributed by atoms with Gasteiger partial charge >= 0.3 is 88.6 Å². The minimum atomic E-state index is -15.4. The molecule has 0 amide bonds. The maximum absolute atomic E-state index is 15.4. The van der Waals surface area contributed by atoms with Crippen molar-refractivity contribution in [2.75, 3.05) is 0 Å². The molecule has 0 spiro atoms. The van der Waals surface area contributed by atoms with Crippen LogP contribution in [0.2, 0.25) is 0 Å². The first kappa shape index (κ1) is 20.2. The van der Waals surface area contributed by atoms with Crippen molar-refractivity contribution in [1.82, 2.24) is 0 Å². The Labute approximate surface area is 134 Å². The Morgan fingerprint density at radius 2 is 0.545 bits per heavy atom. The summed E-state index contributed by atoms with van der Waals surface area (Å²) >= 11 is -15.4. The second-order valence-corrected chi connectivity index (χ2v) is 13.7. The molecule has 0 bridgehead atoms. The molecule has 11 heteroatoms. The third-order valence-corrected chi connectivity index (χ3v) is 0. The van der Waals surface area contributed by atoms with Crippen molar-refractivity contribution in [3.05, 3.63) is 0 Å². The van der Waals surface area contributed by atoms with Gasteiger partial charge in [-0.2, -0.15) is 0 Å². The van der Waals surface area contributed by atoms with E-state index in [2.05, 4.69) is 0 Å². The van der Waals surface area contributed by atoms with Gasteiger partial charge in [0, 0.05) is 49.4 Å². The Morgan fingerprint density at radius 3 is 0.545 bits per heavy atom. The number of halogens is 8. The fourth-order valence-electron chi connectivity index (χ4n) is 0. The van der Waals surface area contributed by atoms with Crippen molar-refractivity contribution in [3.63, 3.8) is 0 Å². The van der Waals surface area contributed by atoms with Crippen LogP contribution in [0.3, 0.4) is 0 Å². The molecule has 0 unspecified atom stereocenters. The zero-order valence-electron chi connectivity index (χ0n) is 3.98. The van der Waals surface area contributed by atoms with Gasteiger partial charge in [-0.1, -0.05) is 0 Å². The van der Waals surface area contributed by atoms with Gasteiger partial charge in [-0.25, -0.2) is 0 Å². The molecule has 70 valence electrons. The fourth-order valence-corrected chi connectivity index (χ4v) is 0. The first-order valence-corrected chi connectivity index (χ1v) is 10.3. The average molecular weight is 532 g/mol. The molecule has 0 N–H and O–H groups in total.